The van der Waals surface area contributed by atoms with Crippen LogP contribution < -0.4 is 10.5 Å². The van der Waals surface area contributed by atoms with Crippen LogP contribution in [0, 0.1) is 5.92 Å². The summed E-state index contributed by atoms with van der Waals surface area (Å²) in [6.07, 6.45) is 2.08. The van der Waals surface area contributed by atoms with Crippen molar-refractivity contribution in [2.45, 2.75) is 33.6 Å². The molecule has 0 spiro atoms. The second-order valence-electron chi connectivity index (χ2n) is 4.82. The van der Waals surface area contributed by atoms with Gasteiger partial charge in [-0.05, 0) is 43.0 Å². The fourth-order valence-electron chi connectivity index (χ4n) is 1.46. The van der Waals surface area contributed by atoms with Crippen molar-refractivity contribution in [3.05, 3.63) is 29.8 Å². The molecule has 0 radical (unpaired) electrons. The van der Waals surface area contributed by atoms with Crippen molar-refractivity contribution in [2.24, 2.45) is 16.6 Å². The lowest BCUT2D eigenvalue weighted by atomic mass is 10.1. The molecule has 0 aliphatic rings. The molecule has 0 bridgehead atoms. The van der Waals surface area contributed by atoms with Gasteiger partial charge in [0.05, 0.1) is 6.61 Å². The summed E-state index contributed by atoms with van der Waals surface area (Å²) >= 11 is 0. The number of rotatable bonds is 7. The SMILES string of the molecule is CCCN=C(N)c1ccc(OCCC(C)C)cc1. The summed E-state index contributed by atoms with van der Waals surface area (Å²) in [5.74, 6) is 2.16. The number of hydrogen-bond acceptors (Lipinski definition) is 2. The highest BCUT2D eigenvalue weighted by atomic mass is 16.5. The quantitative estimate of drug-likeness (QED) is 0.595. The van der Waals surface area contributed by atoms with Crippen LogP contribution in [0.5, 0.6) is 5.75 Å². The van der Waals surface area contributed by atoms with Crippen molar-refractivity contribution in [1.29, 1.82) is 0 Å². The van der Waals surface area contributed by atoms with Crippen molar-refractivity contribution in [3.8, 4) is 5.75 Å². The van der Waals surface area contributed by atoms with Gasteiger partial charge in [-0.15, -0.1) is 0 Å². The lowest BCUT2D eigenvalue weighted by Gasteiger charge is -2.08. The number of hydrogen-bond donors (Lipinski definition) is 1. The molecule has 0 heterocycles. The molecule has 1 aromatic rings. The Morgan fingerprint density at radius 1 is 1.28 bits per heavy atom. The molecule has 2 N–H and O–H groups in total. The van der Waals surface area contributed by atoms with Gasteiger partial charge in [0, 0.05) is 12.1 Å². The van der Waals surface area contributed by atoms with Crippen molar-refractivity contribution in [3.63, 3.8) is 0 Å². The van der Waals surface area contributed by atoms with Gasteiger partial charge in [0.1, 0.15) is 11.6 Å². The van der Waals surface area contributed by atoms with Gasteiger partial charge in [-0.25, -0.2) is 0 Å². The van der Waals surface area contributed by atoms with Crippen molar-refractivity contribution >= 4 is 5.84 Å². The zero-order chi connectivity index (χ0) is 13.4. The molecule has 0 saturated carbocycles. The lowest BCUT2D eigenvalue weighted by Crippen LogP contribution is -2.13. The largest absolute Gasteiger partial charge is 0.494 e. The van der Waals surface area contributed by atoms with E-state index in [-0.39, 0.29) is 0 Å². The normalized spacial score (nSPS) is 11.9. The Kier molecular flexibility index (Phi) is 6.26. The molecule has 0 aromatic heterocycles. The molecule has 0 unspecified atom stereocenters. The van der Waals surface area contributed by atoms with Gasteiger partial charge in [-0.3, -0.25) is 4.99 Å². The number of benzene rings is 1. The Hall–Kier alpha value is -1.51. The van der Waals surface area contributed by atoms with Gasteiger partial charge in [-0.1, -0.05) is 20.8 Å². The third-order valence-electron chi connectivity index (χ3n) is 2.62. The maximum Gasteiger partial charge on any atom is 0.125 e. The Morgan fingerprint density at radius 2 is 1.94 bits per heavy atom. The number of ether oxygens (including phenoxy) is 1. The van der Waals surface area contributed by atoms with E-state index in [9.17, 15) is 0 Å². The highest BCUT2D eigenvalue weighted by Crippen LogP contribution is 2.13. The van der Waals surface area contributed by atoms with Gasteiger partial charge in [0.2, 0.25) is 0 Å². The lowest BCUT2D eigenvalue weighted by molar-refractivity contribution is 0.289. The van der Waals surface area contributed by atoms with E-state index >= 15 is 0 Å². The average Bonchev–Trinajstić information content (AvgIpc) is 2.36. The molecule has 0 atom stereocenters. The van der Waals surface area contributed by atoms with E-state index in [0.717, 1.165) is 37.3 Å². The first kappa shape index (κ1) is 14.6. The molecule has 0 saturated heterocycles. The molecular formula is C15H24N2O. The zero-order valence-electron chi connectivity index (χ0n) is 11.6. The van der Waals surface area contributed by atoms with E-state index in [4.69, 9.17) is 10.5 Å². The topological polar surface area (TPSA) is 47.6 Å². The first-order valence-electron chi connectivity index (χ1n) is 6.66. The molecule has 18 heavy (non-hydrogen) atoms. The Morgan fingerprint density at radius 3 is 2.50 bits per heavy atom. The number of nitrogens with two attached hydrogens (primary N) is 1. The van der Waals surface area contributed by atoms with Gasteiger partial charge in [0.15, 0.2) is 0 Å². The highest BCUT2D eigenvalue weighted by Gasteiger charge is 2.00. The van der Waals surface area contributed by atoms with Crippen LogP contribution in [0.4, 0.5) is 0 Å². The van der Waals surface area contributed by atoms with Crippen LogP contribution in [0.15, 0.2) is 29.3 Å². The maximum atomic E-state index is 5.88. The second kappa shape index (κ2) is 7.75. The zero-order valence-corrected chi connectivity index (χ0v) is 11.6. The van der Waals surface area contributed by atoms with Gasteiger partial charge < -0.3 is 10.5 Å². The Balaban J connectivity index is 2.52. The van der Waals surface area contributed by atoms with Crippen LogP contribution in [0.25, 0.3) is 0 Å². The van der Waals surface area contributed by atoms with Gasteiger partial charge in [0.25, 0.3) is 0 Å². The maximum absolute atomic E-state index is 5.88. The van der Waals surface area contributed by atoms with Crippen LogP contribution in [-0.2, 0) is 0 Å². The monoisotopic (exact) mass is 248 g/mol. The predicted molar refractivity (Wildman–Crippen MR) is 77.3 cm³/mol. The van der Waals surface area contributed by atoms with E-state index < -0.39 is 0 Å². The van der Waals surface area contributed by atoms with Crippen LogP contribution in [0.3, 0.4) is 0 Å². The molecule has 1 rings (SSSR count). The van der Waals surface area contributed by atoms with Gasteiger partial charge in [-0.2, -0.15) is 0 Å². The molecule has 3 nitrogen and oxygen atoms in total. The number of amidine groups is 1. The summed E-state index contributed by atoms with van der Waals surface area (Å²) < 4.78 is 5.65. The van der Waals surface area contributed by atoms with Crippen LogP contribution in [0.1, 0.15) is 39.2 Å². The van der Waals surface area contributed by atoms with E-state index in [1.165, 1.54) is 0 Å². The van der Waals surface area contributed by atoms with Crippen LogP contribution in [-0.4, -0.2) is 19.0 Å². The summed E-state index contributed by atoms with van der Waals surface area (Å²) in [5.41, 5.74) is 6.84. The number of aliphatic imine (C=N–C) groups is 1. The van der Waals surface area contributed by atoms with Crippen molar-refractivity contribution in [1.82, 2.24) is 0 Å². The highest BCUT2D eigenvalue weighted by molar-refractivity contribution is 5.97. The minimum Gasteiger partial charge on any atom is -0.494 e. The fourth-order valence-corrected chi connectivity index (χ4v) is 1.46. The molecule has 100 valence electrons. The smallest absolute Gasteiger partial charge is 0.125 e. The van der Waals surface area contributed by atoms with Crippen molar-refractivity contribution < 1.29 is 4.74 Å². The fraction of sp³-hybridized carbons (Fsp3) is 0.533. The molecule has 0 aliphatic heterocycles. The Bertz CT molecular complexity index is 369. The summed E-state index contributed by atoms with van der Waals surface area (Å²) in [4.78, 5) is 4.28. The summed E-state index contributed by atoms with van der Waals surface area (Å²) in [5, 5.41) is 0. The van der Waals surface area contributed by atoms with Gasteiger partial charge >= 0.3 is 0 Å². The minimum absolute atomic E-state index is 0.602. The van der Waals surface area contributed by atoms with Crippen LogP contribution in [0.2, 0.25) is 0 Å². The summed E-state index contributed by atoms with van der Waals surface area (Å²) in [6.45, 7) is 8.01. The molecule has 0 amide bonds. The van der Waals surface area contributed by atoms with E-state index in [0.29, 0.717) is 11.8 Å². The molecule has 1 aromatic carbocycles. The average molecular weight is 248 g/mol. The Labute approximate surface area is 110 Å². The summed E-state index contributed by atoms with van der Waals surface area (Å²) in [7, 11) is 0. The third kappa shape index (κ3) is 5.21. The van der Waals surface area contributed by atoms with Crippen LogP contribution >= 0.6 is 0 Å². The van der Waals surface area contributed by atoms with E-state index in [2.05, 4.69) is 25.8 Å². The first-order valence-corrected chi connectivity index (χ1v) is 6.66. The third-order valence-corrected chi connectivity index (χ3v) is 2.62. The molecule has 0 aliphatic carbocycles. The van der Waals surface area contributed by atoms with E-state index in [1.54, 1.807) is 0 Å². The predicted octanol–water partition coefficient (Wildman–Crippen LogP) is 3.23. The number of nitrogens with zero attached hydrogens (tertiary/aromatic N) is 1. The summed E-state index contributed by atoms with van der Waals surface area (Å²) in [6, 6.07) is 7.81. The second-order valence-corrected chi connectivity index (χ2v) is 4.82. The standard InChI is InChI=1S/C15H24N2O/c1-4-10-17-15(16)13-5-7-14(8-6-13)18-11-9-12(2)3/h5-8,12H,4,9-11H2,1-3H3,(H2,16,17). The first-order chi connectivity index (χ1) is 8.63. The van der Waals surface area contributed by atoms with E-state index in [1.807, 2.05) is 24.3 Å². The molecule has 0 fully saturated rings. The van der Waals surface area contributed by atoms with Crippen molar-refractivity contribution in [2.75, 3.05) is 13.2 Å². The molecular weight excluding hydrogens is 224 g/mol. The molecule has 3 heteroatoms. The minimum atomic E-state index is 0.602.